The van der Waals surface area contributed by atoms with E-state index < -0.39 is 5.56 Å². The van der Waals surface area contributed by atoms with Gasteiger partial charge in [0.1, 0.15) is 23.9 Å². The highest BCUT2D eigenvalue weighted by molar-refractivity contribution is 6.32. The van der Waals surface area contributed by atoms with Gasteiger partial charge >= 0.3 is 0 Å². The third-order valence-electron chi connectivity index (χ3n) is 7.67. The van der Waals surface area contributed by atoms with Gasteiger partial charge in [-0.15, -0.1) is 0 Å². The lowest BCUT2D eigenvalue weighted by molar-refractivity contribution is -0.122. The van der Waals surface area contributed by atoms with Crippen molar-refractivity contribution in [1.82, 2.24) is 20.1 Å². The summed E-state index contributed by atoms with van der Waals surface area (Å²) in [5.74, 6) is 1.90. The van der Waals surface area contributed by atoms with Gasteiger partial charge in [0.2, 0.25) is 5.91 Å². The zero-order valence-corrected chi connectivity index (χ0v) is 20.5. The summed E-state index contributed by atoms with van der Waals surface area (Å²) in [6.45, 7) is 6.88. The van der Waals surface area contributed by atoms with Crippen LogP contribution in [0.25, 0.3) is 0 Å². The number of nitrogens with one attached hydrogen (secondary N) is 2. The predicted octanol–water partition coefficient (Wildman–Crippen LogP) is 2.46. The van der Waals surface area contributed by atoms with E-state index in [0.717, 1.165) is 11.1 Å². The van der Waals surface area contributed by atoms with E-state index in [1.807, 2.05) is 0 Å². The molecule has 0 aliphatic heterocycles. The normalized spacial score (nSPS) is 24.7. The number of aliphatic hydroxyl groups excluding tert-OH is 1. The molecule has 3 saturated carbocycles. The number of hydrogen-bond acceptors (Lipinski definition) is 7. The molecule has 0 unspecified atom stereocenters. The van der Waals surface area contributed by atoms with Crippen molar-refractivity contribution in [3.8, 4) is 5.75 Å². The summed E-state index contributed by atoms with van der Waals surface area (Å²) < 4.78 is 6.48. The molecular formula is C24H32ClN5O4. The van der Waals surface area contributed by atoms with Crippen LogP contribution in [0, 0.1) is 23.2 Å². The lowest BCUT2D eigenvalue weighted by Crippen LogP contribution is -2.58. The molecular weight excluding hydrogens is 458 g/mol. The van der Waals surface area contributed by atoms with Gasteiger partial charge in [-0.1, -0.05) is 32.4 Å². The number of pyridine rings is 1. The summed E-state index contributed by atoms with van der Waals surface area (Å²) in [6.07, 6.45) is 6.95. The summed E-state index contributed by atoms with van der Waals surface area (Å²) in [7, 11) is 0. The summed E-state index contributed by atoms with van der Waals surface area (Å²) in [6, 6.07) is 1.96. The number of ether oxygens (including phenoxy) is 1. The van der Waals surface area contributed by atoms with Crippen LogP contribution in [0.3, 0.4) is 0 Å². The van der Waals surface area contributed by atoms with Gasteiger partial charge < -0.3 is 20.5 Å². The average molecular weight is 490 g/mol. The molecule has 0 saturated heterocycles. The molecule has 3 fully saturated rings. The van der Waals surface area contributed by atoms with E-state index in [-0.39, 0.29) is 43.3 Å². The second kappa shape index (κ2) is 9.92. The number of rotatable bonds is 9. The summed E-state index contributed by atoms with van der Waals surface area (Å²) in [5, 5.41) is 19.3. The van der Waals surface area contributed by atoms with Gasteiger partial charge in [-0.25, -0.2) is 4.68 Å². The van der Waals surface area contributed by atoms with Gasteiger partial charge in [0, 0.05) is 24.3 Å². The van der Waals surface area contributed by atoms with Crippen LogP contribution in [0.1, 0.15) is 39.2 Å². The first-order valence-corrected chi connectivity index (χ1v) is 12.1. The number of carbonyl (C=O) groups is 1. The van der Waals surface area contributed by atoms with Crippen LogP contribution >= 0.6 is 11.6 Å². The fourth-order valence-electron chi connectivity index (χ4n) is 5.44. The Morgan fingerprint density at radius 2 is 2.15 bits per heavy atom. The maximum absolute atomic E-state index is 12.8. The van der Waals surface area contributed by atoms with Crippen LogP contribution in [0.2, 0.25) is 5.02 Å². The van der Waals surface area contributed by atoms with Crippen LogP contribution in [0.4, 0.5) is 5.69 Å². The minimum atomic E-state index is -0.508. The monoisotopic (exact) mass is 489 g/mol. The first-order chi connectivity index (χ1) is 16.2. The molecule has 2 aromatic heterocycles. The lowest BCUT2D eigenvalue weighted by Gasteiger charge is -2.62. The van der Waals surface area contributed by atoms with Gasteiger partial charge in [0.15, 0.2) is 0 Å². The molecule has 2 heterocycles. The SMILES string of the molecule is C[C@H]1[C@H]2C[C@H](C[C@H]1Nc1cnn(CC(=O)NCc3ccncc3OCCO)c(=O)c1Cl)C2(C)C. The zero-order chi connectivity index (χ0) is 24.5. The van der Waals surface area contributed by atoms with Crippen molar-refractivity contribution in [2.75, 3.05) is 18.5 Å². The quantitative estimate of drug-likeness (QED) is 0.495. The van der Waals surface area contributed by atoms with E-state index >= 15 is 0 Å². The van der Waals surface area contributed by atoms with E-state index in [9.17, 15) is 9.59 Å². The zero-order valence-electron chi connectivity index (χ0n) is 19.8. The highest BCUT2D eigenvalue weighted by atomic mass is 35.5. The standard InChI is InChI=1S/C24H32ClN5O4/c1-14-17-8-16(24(17,2)3)9-18(14)29-19-11-28-30(23(33)22(19)25)13-21(32)27-10-15-4-5-26-12-20(15)34-7-6-31/h4-5,11-12,14,16-18,29,31H,6-10,13H2,1-3H3,(H,27,32)/t14-,16+,17+,18+/m0/s1. The number of carbonyl (C=O) groups excluding carboxylic acids is 1. The predicted molar refractivity (Wildman–Crippen MR) is 129 cm³/mol. The van der Waals surface area contributed by atoms with Gasteiger partial charge in [0.05, 0.1) is 24.7 Å². The van der Waals surface area contributed by atoms with Crippen molar-refractivity contribution >= 4 is 23.2 Å². The largest absolute Gasteiger partial charge is 0.489 e. The number of aromatic nitrogens is 3. The van der Waals surface area contributed by atoms with Crippen LogP contribution in [0.15, 0.2) is 29.5 Å². The second-order valence-electron chi connectivity index (χ2n) is 9.87. The van der Waals surface area contributed by atoms with Gasteiger partial charge in [-0.2, -0.15) is 5.10 Å². The Morgan fingerprint density at radius 3 is 2.85 bits per heavy atom. The maximum atomic E-state index is 12.8. The Balaban J connectivity index is 1.36. The number of fused-ring (bicyclic) bond motifs is 2. The molecule has 0 aromatic carbocycles. The number of halogens is 1. The van der Waals surface area contributed by atoms with Gasteiger partial charge in [0.25, 0.3) is 5.56 Å². The maximum Gasteiger partial charge on any atom is 0.288 e. The van der Waals surface area contributed by atoms with E-state index in [4.69, 9.17) is 21.4 Å². The van der Waals surface area contributed by atoms with E-state index in [1.54, 1.807) is 12.3 Å². The number of hydrogen-bond donors (Lipinski definition) is 3. The van der Waals surface area contributed by atoms with Crippen molar-refractivity contribution < 1.29 is 14.6 Å². The molecule has 2 bridgehead atoms. The molecule has 0 radical (unpaired) electrons. The topological polar surface area (TPSA) is 118 Å². The van der Waals surface area contributed by atoms with Crippen LogP contribution in [-0.4, -0.2) is 45.0 Å². The van der Waals surface area contributed by atoms with Crippen molar-refractivity contribution in [3.63, 3.8) is 0 Å². The fourth-order valence-corrected chi connectivity index (χ4v) is 5.65. The minimum absolute atomic E-state index is 0.0438. The Kier molecular flexibility index (Phi) is 7.14. The number of nitrogens with zero attached hydrogens (tertiary/aromatic N) is 3. The third-order valence-corrected chi connectivity index (χ3v) is 8.03. The molecule has 3 N–H and O–H groups in total. The molecule has 5 rings (SSSR count). The summed E-state index contributed by atoms with van der Waals surface area (Å²) in [4.78, 5) is 29.2. The minimum Gasteiger partial charge on any atom is -0.489 e. The first-order valence-electron chi connectivity index (χ1n) is 11.7. The molecule has 4 atom stereocenters. The smallest absolute Gasteiger partial charge is 0.288 e. The number of amides is 1. The van der Waals surface area contributed by atoms with Crippen molar-refractivity contribution in [2.24, 2.45) is 23.2 Å². The molecule has 3 aliphatic rings. The molecule has 0 spiro atoms. The summed E-state index contributed by atoms with van der Waals surface area (Å²) in [5.41, 5.74) is 1.09. The molecule has 3 aliphatic carbocycles. The first kappa shape index (κ1) is 24.5. The molecule has 10 heteroatoms. The van der Waals surface area contributed by atoms with Crippen LogP contribution in [0.5, 0.6) is 5.75 Å². The summed E-state index contributed by atoms with van der Waals surface area (Å²) >= 11 is 6.38. The molecule has 184 valence electrons. The van der Waals surface area contributed by atoms with Crippen molar-refractivity contribution in [1.29, 1.82) is 0 Å². The highest BCUT2D eigenvalue weighted by Crippen LogP contribution is 2.61. The molecule has 2 aromatic rings. The average Bonchev–Trinajstić information content (AvgIpc) is 2.82. The number of anilines is 1. The van der Waals surface area contributed by atoms with Gasteiger partial charge in [-0.3, -0.25) is 14.6 Å². The van der Waals surface area contributed by atoms with Crippen LogP contribution in [-0.2, 0) is 17.9 Å². The van der Waals surface area contributed by atoms with E-state index in [0.29, 0.717) is 40.2 Å². The van der Waals surface area contributed by atoms with Crippen molar-refractivity contribution in [2.45, 2.75) is 52.7 Å². The number of aliphatic hydroxyl groups is 1. The Morgan fingerprint density at radius 1 is 1.35 bits per heavy atom. The Hall–Kier alpha value is -2.65. The Labute approximate surface area is 203 Å². The van der Waals surface area contributed by atoms with E-state index in [1.165, 1.54) is 18.8 Å². The van der Waals surface area contributed by atoms with Crippen molar-refractivity contribution in [3.05, 3.63) is 45.6 Å². The fraction of sp³-hybridized carbons (Fsp3) is 0.583. The lowest BCUT2D eigenvalue weighted by atomic mass is 9.45. The van der Waals surface area contributed by atoms with Gasteiger partial charge in [-0.05, 0) is 42.1 Å². The molecule has 1 amide bonds. The highest BCUT2D eigenvalue weighted by Gasteiger charge is 2.56. The van der Waals surface area contributed by atoms with Crippen LogP contribution < -0.4 is 20.9 Å². The second-order valence-corrected chi connectivity index (χ2v) is 10.3. The molecule has 9 nitrogen and oxygen atoms in total. The Bertz CT molecular complexity index is 1110. The molecule has 34 heavy (non-hydrogen) atoms. The third kappa shape index (κ3) is 4.77. The van der Waals surface area contributed by atoms with E-state index in [2.05, 4.69) is 41.5 Å².